The summed E-state index contributed by atoms with van der Waals surface area (Å²) >= 11 is 6.18. The van der Waals surface area contributed by atoms with Crippen molar-refractivity contribution in [2.45, 2.75) is 37.6 Å². The van der Waals surface area contributed by atoms with Gasteiger partial charge in [0.1, 0.15) is 17.3 Å². The molecule has 0 radical (unpaired) electrons. The molecule has 30 heavy (non-hydrogen) atoms. The Morgan fingerprint density at radius 2 is 1.77 bits per heavy atom. The zero-order chi connectivity index (χ0) is 21.9. The maximum absolute atomic E-state index is 13.1. The summed E-state index contributed by atoms with van der Waals surface area (Å²) in [5, 5.41) is 0.0495. The van der Waals surface area contributed by atoms with Crippen molar-refractivity contribution in [2.24, 2.45) is 0 Å². The van der Waals surface area contributed by atoms with Crippen LogP contribution in [0, 0.1) is 0 Å². The van der Waals surface area contributed by atoms with E-state index in [0.717, 1.165) is 5.56 Å². The highest BCUT2D eigenvalue weighted by atomic mass is 35.5. The van der Waals surface area contributed by atoms with E-state index in [-0.39, 0.29) is 47.4 Å². The van der Waals surface area contributed by atoms with E-state index in [0.29, 0.717) is 5.75 Å². The van der Waals surface area contributed by atoms with Crippen LogP contribution >= 0.6 is 11.6 Å². The summed E-state index contributed by atoms with van der Waals surface area (Å²) in [6, 6.07) is 11.2. The first-order valence-corrected chi connectivity index (χ1v) is 11.3. The number of benzene rings is 2. The molecule has 0 bridgehead atoms. The zero-order valence-corrected chi connectivity index (χ0v) is 18.6. The number of morpholine rings is 1. The number of hydrogen-bond donors (Lipinski definition) is 0. The number of rotatable bonds is 6. The average Bonchev–Trinajstić information content (AvgIpc) is 2.72. The second-order valence-corrected chi connectivity index (χ2v) is 9.46. The fraction of sp³-hybridized carbons (Fsp3) is 0.381. The molecule has 0 unspecified atom stereocenters. The Morgan fingerprint density at radius 1 is 1.13 bits per heavy atom. The van der Waals surface area contributed by atoms with Gasteiger partial charge in [-0.3, -0.25) is 0 Å². The molecule has 2 aromatic rings. The quantitative estimate of drug-likeness (QED) is 0.622. The Bertz CT molecular complexity index is 999. The zero-order valence-electron chi connectivity index (χ0n) is 17.0. The Labute approximate surface area is 181 Å². The minimum absolute atomic E-state index is 0.0476. The minimum Gasteiger partial charge on any atom is -0.497 e. The fourth-order valence-corrected chi connectivity index (χ4v) is 5.34. The number of nitrogens with zero attached hydrogens (tertiary/aromatic N) is 1. The van der Waals surface area contributed by atoms with Gasteiger partial charge in [0.05, 0.1) is 29.9 Å². The van der Waals surface area contributed by atoms with Crippen molar-refractivity contribution in [1.82, 2.24) is 4.31 Å². The van der Waals surface area contributed by atoms with Crippen LogP contribution < -0.4 is 4.74 Å². The Kier molecular flexibility index (Phi) is 7.02. The highest BCUT2D eigenvalue weighted by Gasteiger charge is 2.34. The molecular formula is C21H24ClNO6S. The van der Waals surface area contributed by atoms with Crippen molar-refractivity contribution in [1.29, 1.82) is 0 Å². The van der Waals surface area contributed by atoms with E-state index in [2.05, 4.69) is 0 Å². The van der Waals surface area contributed by atoms with Gasteiger partial charge in [-0.05, 0) is 49.7 Å². The number of esters is 1. The van der Waals surface area contributed by atoms with Gasteiger partial charge in [-0.25, -0.2) is 13.2 Å². The van der Waals surface area contributed by atoms with Crippen LogP contribution in [0.4, 0.5) is 0 Å². The third-order valence-corrected chi connectivity index (χ3v) is 7.01. The van der Waals surface area contributed by atoms with Crippen LogP contribution in [0.1, 0.15) is 29.8 Å². The molecular weight excluding hydrogens is 430 g/mol. The van der Waals surface area contributed by atoms with Gasteiger partial charge in [-0.1, -0.05) is 23.7 Å². The second kappa shape index (κ2) is 9.34. The van der Waals surface area contributed by atoms with E-state index < -0.39 is 16.0 Å². The molecule has 2 atom stereocenters. The summed E-state index contributed by atoms with van der Waals surface area (Å²) in [7, 11) is -2.32. The first kappa shape index (κ1) is 22.6. The van der Waals surface area contributed by atoms with Crippen molar-refractivity contribution in [3.63, 3.8) is 0 Å². The first-order chi connectivity index (χ1) is 14.2. The molecule has 1 saturated heterocycles. The summed E-state index contributed by atoms with van der Waals surface area (Å²) in [6.07, 6.45) is -0.472. The third kappa shape index (κ3) is 5.13. The van der Waals surface area contributed by atoms with Crippen LogP contribution in [0.25, 0.3) is 0 Å². The summed E-state index contributed by atoms with van der Waals surface area (Å²) in [5.41, 5.74) is 0.892. The SMILES string of the molecule is COc1ccc(COC(=O)c2ccc(Cl)c(S(=O)(=O)N3C[C@@H](C)O[C@@H](C)C3)c2)cc1. The van der Waals surface area contributed by atoms with Gasteiger partial charge in [0.25, 0.3) is 0 Å². The molecule has 1 aliphatic heterocycles. The van der Waals surface area contributed by atoms with Crippen LogP contribution in [0.5, 0.6) is 5.75 Å². The van der Waals surface area contributed by atoms with Crippen molar-refractivity contribution in [3.05, 3.63) is 58.6 Å². The van der Waals surface area contributed by atoms with Gasteiger partial charge in [0, 0.05) is 13.1 Å². The topological polar surface area (TPSA) is 82.1 Å². The van der Waals surface area contributed by atoms with Crippen LogP contribution in [-0.4, -0.2) is 51.1 Å². The largest absolute Gasteiger partial charge is 0.497 e. The van der Waals surface area contributed by atoms with Crippen molar-refractivity contribution >= 4 is 27.6 Å². The highest BCUT2D eigenvalue weighted by Crippen LogP contribution is 2.28. The van der Waals surface area contributed by atoms with Gasteiger partial charge in [-0.15, -0.1) is 0 Å². The molecule has 2 aromatic carbocycles. The van der Waals surface area contributed by atoms with Crippen molar-refractivity contribution < 1.29 is 27.4 Å². The summed E-state index contributed by atoms with van der Waals surface area (Å²) < 4.78 is 43.6. The molecule has 1 heterocycles. The molecule has 162 valence electrons. The predicted molar refractivity (Wildman–Crippen MR) is 112 cm³/mol. The van der Waals surface area contributed by atoms with E-state index in [1.54, 1.807) is 31.4 Å². The third-order valence-electron chi connectivity index (χ3n) is 4.70. The second-order valence-electron chi connectivity index (χ2n) is 7.15. The first-order valence-electron chi connectivity index (χ1n) is 9.46. The number of hydrogen-bond acceptors (Lipinski definition) is 6. The van der Waals surface area contributed by atoms with Gasteiger partial charge in [0.2, 0.25) is 10.0 Å². The van der Waals surface area contributed by atoms with E-state index in [9.17, 15) is 13.2 Å². The van der Waals surface area contributed by atoms with Crippen molar-refractivity contribution in [3.8, 4) is 5.75 Å². The van der Waals surface area contributed by atoms with E-state index in [1.165, 1.54) is 22.5 Å². The number of halogens is 1. The van der Waals surface area contributed by atoms with E-state index >= 15 is 0 Å². The molecule has 0 saturated carbocycles. The number of carbonyl (C=O) groups is 1. The monoisotopic (exact) mass is 453 g/mol. The van der Waals surface area contributed by atoms with Crippen LogP contribution in [0.3, 0.4) is 0 Å². The summed E-state index contributed by atoms with van der Waals surface area (Å²) in [5.74, 6) is 0.0621. The maximum atomic E-state index is 13.1. The number of methoxy groups -OCH3 is 1. The molecule has 3 rings (SSSR count). The summed E-state index contributed by atoms with van der Waals surface area (Å²) in [6.45, 7) is 4.11. The molecule has 7 nitrogen and oxygen atoms in total. The van der Waals surface area contributed by atoms with Crippen LogP contribution in [0.2, 0.25) is 5.02 Å². The number of carbonyl (C=O) groups excluding carboxylic acids is 1. The fourth-order valence-electron chi connectivity index (χ4n) is 3.25. The average molecular weight is 454 g/mol. The Morgan fingerprint density at radius 3 is 2.37 bits per heavy atom. The lowest BCUT2D eigenvalue weighted by atomic mass is 10.2. The van der Waals surface area contributed by atoms with E-state index in [4.69, 9.17) is 25.8 Å². The lowest BCUT2D eigenvalue weighted by Crippen LogP contribution is -2.48. The molecule has 1 fully saturated rings. The van der Waals surface area contributed by atoms with Crippen LogP contribution in [0.15, 0.2) is 47.4 Å². The molecule has 0 N–H and O–H groups in total. The molecule has 0 amide bonds. The Hall–Kier alpha value is -2.13. The summed E-state index contributed by atoms with van der Waals surface area (Å²) in [4.78, 5) is 12.4. The van der Waals surface area contributed by atoms with Crippen molar-refractivity contribution in [2.75, 3.05) is 20.2 Å². The lowest BCUT2D eigenvalue weighted by Gasteiger charge is -2.34. The van der Waals surface area contributed by atoms with Gasteiger partial charge in [0.15, 0.2) is 0 Å². The molecule has 1 aliphatic rings. The smallest absolute Gasteiger partial charge is 0.338 e. The maximum Gasteiger partial charge on any atom is 0.338 e. The van der Waals surface area contributed by atoms with E-state index in [1.807, 2.05) is 13.8 Å². The number of sulfonamides is 1. The van der Waals surface area contributed by atoms with Gasteiger partial charge < -0.3 is 14.2 Å². The normalized spacial score (nSPS) is 20.0. The predicted octanol–water partition coefficient (Wildman–Crippen LogP) is 3.50. The minimum atomic E-state index is -3.89. The highest BCUT2D eigenvalue weighted by molar-refractivity contribution is 7.89. The van der Waals surface area contributed by atoms with Gasteiger partial charge >= 0.3 is 5.97 Å². The standard InChI is InChI=1S/C21H24ClNO6S/c1-14-11-23(12-15(2)29-14)30(25,26)20-10-17(6-9-19(20)22)21(24)28-13-16-4-7-18(27-3)8-5-16/h4-10,14-15H,11-13H2,1-3H3/t14-,15+. The lowest BCUT2D eigenvalue weighted by molar-refractivity contribution is -0.0440. The molecule has 0 aromatic heterocycles. The number of ether oxygens (including phenoxy) is 3. The van der Waals surface area contributed by atoms with Crippen LogP contribution in [-0.2, 0) is 26.1 Å². The molecule has 9 heteroatoms. The molecule has 0 spiro atoms. The molecule has 0 aliphatic carbocycles. The van der Waals surface area contributed by atoms with Gasteiger partial charge in [-0.2, -0.15) is 4.31 Å². The Balaban J connectivity index is 1.77.